The average Bonchev–Trinajstić information content (AvgIpc) is 2.56. The summed E-state index contributed by atoms with van der Waals surface area (Å²) in [5.74, 6) is 1.06. The van der Waals surface area contributed by atoms with E-state index < -0.39 is 0 Å². The van der Waals surface area contributed by atoms with E-state index in [1.54, 1.807) is 0 Å². The molecule has 2 aliphatic carbocycles. The Labute approximate surface area is 145 Å². The first-order chi connectivity index (χ1) is 10.7. The summed E-state index contributed by atoms with van der Waals surface area (Å²) in [6.07, 6.45) is 8.61. The molecule has 1 amide bonds. The Hall–Kier alpha value is -1.06. The van der Waals surface area contributed by atoms with Crippen LogP contribution < -0.4 is 11.1 Å². The van der Waals surface area contributed by atoms with Crippen molar-refractivity contribution < 1.29 is 4.79 Å². The van der Waals surface area contributed by atoms with E-state index in [2.05, 4.69) is 35.6 Å². The Balaban J connectivity index is 0.00000192. The highest BCUT2D eigenvalue weighted by Gasteiger charge is 2.28. The van der Waals surface area contributed by atoms with E-state index in [9.17, 15) is 4.79 Å². The van der Waals surface area contributed by atoms with Gasteiger partial charge in [-0.1, -0.05) is 36.8 Å². The smallest absolute Gasteiger partial charge is 0.223 e. The molecule has 0 radical (unpaired) electrons. The van der Waals surface area contributed by atoms with Crippen LogP contribution in [-0.2, 0) is 4.79 Å². The van der Waals surface area contributed by atoms with Gasteiger partial charge >= 0.3 is 0 Å². The quantitative estimate of drug-likeness (QED) is 0.882. The number of nitrogens with two attached hydrogens (primary N) is 1. The molecular formula is C19H29ClN2O. The zero-order chi connectivity index (χ0) is 15.4. The number of nitrogens with one attached hydrogen (secondary N) is 1. The zero-order valence-electron chi connectivity index (χ0n) is 13.7. The molecule has 1 aromatic carbocycles. The molecular weight excluding hydrogens is 308 g/mol. The Kier molecular flexibility index (Phi) is 6.91. The van der Waals surface area contributed by atoms with Crippen LogP contribution in [0, 0.1) is 5.92 Å². The largest absolute Gasteiger partial charge is 0.353 e. The number of hydrogen-bond donors (Lipinski definition) is 2. The standard InChI is InChI=1S/C19H28N2O.ClH/c20-17-8-4-7-16(13-17)19(22)21-18-11-9-15(10-12-18)14-5-2-1-3-6-14;/h1-3,5-6,15-18H,4,7-13,20H2,(H,21,22);1H. The molecule has 0 aliphatic heterocycles. The lowest BCUT2D eigenvalue weighted by atomic mass is 9.81. The number of benzene rings is 1. The fourth-order valence-electron chi connectivity index (χ4n) is 4.08. The molecule has 2 saturated carbocycles. The first kappa shape index (κ1) is 18.3. The minimum absolute atomic E-state index is 0. The number of rotatable bonds is 3. The second-order valence-corrected chi connectivity index (χ2v) is 7.09. The summed E-state index contributed by atoms with van der Waals surface area (Å²) in [5, 5.41) is 3.29. The summed E-state index contributed by atoms with van der Waals surface area (Å²) in [6, 6.07) is 11.4. The summed E-state index contributed by atoms with van der Waals surface area (Å²) in [4.78, 5) is 12.4. The van der Waals surface area contributed by atoms with E-state index in [0.29, 0.717) is 12.0 Å². The molecule has 3 nitrogen and oxygen atoms in total. The highest BCUT2D eigenvalue weighted by molar-refractivity contribution is 5.85. The van der Waals surface area contributed by atoms with Crippen molar-refractivity contribution >= 4 is 18.3 Å². The molecule has 2 unspecified atom stereocenters. The van der Waals surface area contributed by atoms with Crippen LogP contribution in [-0.4, -0.2) is 18.0 Å². The monoisotopic (exact) mass is 336 g/mol. The number of amides is 1. The Morgan fingerprint density at radius 2 is 1.70 bits per heavy atom. The lowest BCUT2D eigenvalue weighted by Crippen LogP contribution is -2.43. The molecule has 0 heterocycles. The van der Waals surface area contributed by atoms with E-state index in [4.69, 9.17) is 5.73 Å². The number of halogens is 1. The molecule has 2 aliphatic rings. The highest BCUT2D eigenvalue weighted by atomic mass is 35.5. The maximum Gasteiger partial charge on any atom is 0.223 e. The van der Waals surface area contributed by atoms with Crippen molar-refractivity contribution in [1.82, 2.24) is 5.32 Å². The second kappa shape index (κ2) is 8.70. The van der Waals surface area contributed by atoms with Gasteiger partial charge in [0.25, 0.3) is 0 Å². The van der Waals surface area contributed by atoms with E-state index in [-0.39, 0.29) is 30.3 Å². The first-order valence-electron chi connectivity index (χ1n) is 8.83. The van der Waals surface area contributed by atoms with Crippen molar-refractivity contribution in [1.29, 1.82) is 0 Å². The fraction of sp³-hybridized carbons (Fsp3) is 0.632. The molecule has 2 atom stereocenters. The van der Waals surface area contributed by atoms with Crippen LogP contribution in [0.15, 0.2) is 30.3 Å². The highest BCUT2D eigenvalue weighted by Crippen LogP contribution is 2.33. The second-order valence-electron chi connectivity index (χ2n) is 7.09. The van der Waals surface area contributed by atoms with Gasteiger partial charge in [0.15, 0.2) is 0 Å². The van der Waals surface area contributed by atoms with Crippen LogP contribution in [0.1, 0.15) is 62.8 Å². The summed E-state index contributed by atoms with van der Waals surface area (Å²) >= 11 is 0. The topological polar surface area (TPSA) is 55.1 Å². The van der Waals surface area contributed by atoms with Crippen molar-refractivity contribution in [3.05, 3.63) is 35.9 Å². The van der Waals surface area contributed by atoms with Crippen LogP contribution in [0.2, 0.25) is 0 Å². The molecule has 1 aromatic rings. The molecule has 23 heavy (non-hydrogen) atoms. The van der Waals surface area contributed by atoms with Crippen LogP contribution >= 0.6 is 12.4 Å². The number of hydrogen-bond acceptors (Lipinski definition) is 2. The molecule has 3 N–H and O–H groups in total. The lowest BCUT2D eigenvalue weighted by molar-refractivity contribution is -0.127. The number of carbonyl (C=O) groups is 1. The zero-order valence-corrected chi connectivity index (χ0v) is 14.6. The van der Waals surface area contributed by atoms with Gasteiger partial charge in [-0.3, -0.25) is 4.79 Å². The first-order valence-corrected chi connectivity index (χ1v) is 8.83. The van der Waals surface area contributed by atoms with E-state index in [1.165, 1.54) is 18.4 Å². The third-order valence-electron chi connectivity index (χ3n) is 5.43. The third kappa shape index (κ3) is 4.95. The minimum Gasteiger partial charge on any atom is -0.353 e. The Bertz CT molecular complexity index is 485. The summed E-state index contributed by atoms with van der Waals surface area (Å²) < 4.78 is 0. The molecule has 0 saturated heterocycles. The van der Waals surface area contributed by atoms with E-state index in [0.717, 1.165) is 38.5 Å². The van der Waals surface area contributed by atoms with Gasteiger partial charge in [0.1, 0.15) is 0 Å². The van der Waals surface area contributed by atoms with Crippen molar-refractivity contribution in [3.63, 3.8) is 0 Å². The predicted octanol–water partition coefficient (Wildman–Crippen LogP) is 3.77. The molecule has 0 bridgehead atoms. The van der Waals surface area contributed by atoms with Crippen LogP contribution in [0.5, 0.6) is 0 Å². The maximum absolute atomic E-state index is 12.4. The maximum atomic E-state index is 12.4. The normalized spacial score (nSPS) is 31.0. The lowest BCUT2D eigenvalue weighted by Gasteiger charge is -2.32. The van der Waals surface area contributed by atoms with Gasteiger partial charge in [0, 0.05) is 18.0 Å². The van der Waals surface area contributed by atoms with Crippen molar-refractivity contribution in [2.45, 2.75) is 69.4 Å². The Morgan fingerprint density at radius 1 is 1.00 bits per heavy atom. The SMILES string of the molecule is Cl.NC1CCCC(C(=O)NC2CCC(c3ccccc3)CC2)C1. The third-order valence-corrected chi connectivity index (χ3v) is 5.43. The van der Waals surface area contributed by atoms with Gasteiger partial charge < -0.3 is 11.1 Å². The van der Waals surface area contributed by atoms with Crippen LogP contribution in [0.3, 0.4) is 0 Å². The summed E-state index contributed by atoms with van der Waals surface area (Å²) in [6.45, 7) is 0. The van der Waals surface area contributed by atoms with Gasteiger partial charge in [0.2, 0.25) is 5.91 Å². The molecule has 4 heteroatoms. The number of carbonyl (C=O) groups excluding carboxylic acids is 1. The average molecular weight is 337 g/mol. The molecule has 2 fully saturated rings. The van der Waals surface area contributed by atoms with Crippen molar-refractivity contribution in [3.8, 4) is 0 Å². The molecule has 0 spiro atoms. The van der Waals surface area contributed by atoms with Crippen LogP contribution in [0.25, 0.3) is 0 Å². The fourth-order valence-corrected chi connectivity index (χ4v) is 4.08. The summed E-state index contributed by atoms with van der Waals surface area (Å²) in [5.41, 5.74) is 7.45. The minimum atomic E-state index is 0. The van der Waals surface area contributed by atoms with E-state index >= 15 is 0 Å². The predicted molar refractivity (Wildman–Crippen MR) is 96.8 cm³/mol. The van der Waals surface area contributed by atoms with Gasteiger partial charge in [-0.2, -0.15) is 0 Å². The van der Waals surface area contributed by atoms with Gasteiger partial charge in [-0.25, -0.2) is 0 Å². The van der Waals surface area contributed by atoms with Gasteiger partial charge in [-0.05, 0) is 56.4 Å². The molecule has 0 aromatic heterocycles. The van der Waals surface area contributed by atoms with Gasteiger partial charge in [-0.15, -0.1) is 12.4 Å². The Morgan fingerprint density at radius 3 is 2.35 bits per heavy atom. The summed E-state index contributed by atoms with van der Waals surface area (Å²) in [7, 11) is 0. The van der Waals surface area contributed by atoms with E-state index in [1.807, 2.05) is 0 Å². The van der Waals surface area contributed by atoms with Crippen molar-refractivity contribution in [2.75, 3.05) is 0 Å². The molecule has 3 rings (SSSR count). The van der Waals surface area contributed by atoms with Crippen LogP contribution in [0.4, 0.5) is 0 Å². The molecule has 128 valence electrons. The van der Waals surface area contributed by atoms with Crippen molar-refractivity contribution in [2.24, 2.45) is 11.7 Å². The van der Waals surface area contributed by atoms with Gasteiger partial charge in [0.05, 0.1) is 0 Å².